The van der Waals surface area contributed by atoms with Gasteiger partial charge < -0.3 is 10.1 Å². The molecular weight excluding hydrogens is 217 g/mol. The number of benzene rings is 1. The van der Waals surface area contributed by atoms with Crippen LogP contribution in [0.25, 0.3) is 0 Å². The van der Waals surface area contributed by atoms with Crippen LogP contribution in [0.2, 0.25) is 0 Å². The molecule has 2 rings (SSSR count). The third-order valence-electron chi connectivity index (χ3n) is 3.53. The van der Waals surface area contributed by atoms with Crippen LogP contribution in [0.15, 0.2) is 24.3 Å². The van der Waals surface area contributed by atoms with Crippen LogP contribution >= 0.6 is 0 Å². The van der Waals surface area contributed by atoms with Crippen molar-refractivity contribution in [2.75, 3.05) is 13.2 Å². The standard InChI is InChI=1S/C14H20FNO/c1-10(12-4-3-5-14(15)8-12)16-11(2)13-6-7-17-9-13/h3-5,8,10-11,13,16H,6-7,9H2,1-2H3. The molecule has 2 nitrogen and oxygen atoms in total. The van der Waals surface area contributed by atoms with Gasteiger partial charge in [0, 0.05) is 18.7 Å². The second kappa shape index (κ2) is 5.61. The van der Waals surface area contributed by atoms with Crippen molar-refractivity contribution in [3.05, 3.63) is 35.6 Å². The van der Waals surface area contributed by atoms with Crippen molar-refractivity contribution in [1.29, 1.82) is 0 Å². The second-order valence-electron chi connectivity index (χ2n) is 4.86. The van der Waals surface area contributed by atoms with Gasteiger partial charge in [0.25, 0.3) is 0 Å². The predicted octanol–water partition coefficient (Wildman–Crippen LogP) is 2.90. The highest BCUT2D eigenvalue weighted by Gasteiger charge is 2.23. The molecule has 1 aromatic carbocycles. The summed E-state index contributed by atoms with van der Waals surface area (Å²) in [5.74, 6) is 0.402. The Hall–Kier alpha value is -0.930. The van der Waals surface area contributed by atoms with Crippen LogP contribution in [0.1, 0.15) is 31.9 Å². The second-order valence-corrected chi connectivity index (χ2v) is 4.86. The Kier molecular flexibility index (Phi) is 4.13. The van der Waals surface area contributed by atoms with Crippen molar-refractivity contribution in [3.8, 4) is 0 Å². The third-order valence-corrected chi connectivity index (χ3v) is 3.53. The first-order valence-corrected chi connectivity index (χ1v) is 6.26. The average Bonchev–Trinajstić information content (AvgIpc) is 2.82. The van der Waals surface area contributed by atoms with E-state index in [9.17, 15) is 4.39 Å². The summed E-state index contributed by atoms with van der Waals surface area (Å²) in [7, 11) is 0. The topological polar surface area (TPSA) is 21.3 Å². The van der Waals surface area contributed by atoms with Gasteiger partial charge in [-0.15, -0.1) is 0 Å². The molecule has 1 aliphatic heterocycles. The Balaban J connectivity index is 1.93. The molecule has 1 fully saturated rings. The van der Waals surface area contributed by atoms with Crippen LogP contribution in [0.3, 0.4) is 0 Å². The minimum atomic E-state index is -0.173. The van der Waals surface area contributed by atoms with Gasteiger partial charge in [0.1, 0.15) is 5.82 Å². The van der Waals surface area contributed by atoms with Crippen LogP contribution in [0.4, 0.5) is 4.39 Å². The molecule has 0 saturated carbocycles. The lowest BCUT2D eigenvalue weighted by atomic mass is 9.98. The highest BCUT2D eigenvalue weighted by molar-refractivity contribution is 5.19. The normalized spacial score (nSPS) is 23.6. The van der Waals surface area contributed by atoms with E-state index in [0.29, 0.717) is 12.0 Å². The summed E-state index contributed by atoms with van der Waals surface area (Å²) in [5.41, 5.74) is 0.996. The minimum Gasteiger partial charge on any atom is -0.381 e. The highest BCUT2D eigenvalue weighted by atomic mass is 19.1. The molecule has 0 aromatic heterocycles. The largest absolute Gasteiger partial charge is 0.381 e. The molecule has 0 amide bonds. The SMILES string of the molecule is CC(NC(C)C1CCOC1)c1cccc(F)c1. The minimum absolute atomic E-state index is 0.168. The maximum Gasteiger partial charge on any atom is 0.123 e. The van der Waals surface area contributed by atoms with E-state index in [1.165, 1.54) is 6.07 Å². The molecule has 3 unspecified atom stereocenters. The fourth-order valence-electron chi connectivity index (χ4n) is 2.35. The summed E-state index contributed by atoms with van der Waals surface area (Å²) >= 11 is 0. The molecule has 0 aliphatic carbocycles. The van der Waals surface area contributed by atoms with Crippen molar-refractivity contribution in [2.24, 2.45) is 5.92 Å². The van der Waals surface area contributed by atoms with Gasteiger partial charge in [0.05, 0.1) is 6.61 Å². The molecule has 3 heteroatoms. The maximum atomic E-state index is 13.1. The average molecular weight is 237 g/mol. The van der Waals surface area contributed by atoms with E-state index in [-0.39, 0.29) is 11.9 Å². The molecule has 1 aromatic rings. The molecule has 1 N–H and O–H groups in total. The Labute approximate surface area is 102 Å². The first-order valence-electron chi connectivity index (χ1n) is 6.26. The number of hydrogen-bond acceptors (Lipinski definition) is 2. The zero-order chi connectivity index (χ0) is 12.3. The molecule has 0 radical (unpaired) electrons. The summed E-state index contributed by atoms with van der Waals surface area (Å²) in [5, 5.41) is 3.52. The number of ether oxygens (including phenoxy) is 1. The summed E-state index contributed by atoms with van der Waals surface area (Å²) in [4.78, 5) is 0. The Morgan fingerprint density at radius 1 is 1.41 bits per heavy atom. The van der Waals surface area contributed by atoms with E-state index in [0.717, 1.165) is 25.2 Å². The van der Waals surface area contributed by atoms with Gasteiger partial charge in [0.15, 0.2) is 0 Å². The van der Waals surface area contributed by atoms with Gasteiger partial charge in [-0.1, -0.05) is 12.1 Å². The Morgan fingerprint density at radius 3 is 2.88 bits per heavy atom. The summed E-state index contributed by atoms with van der Waals surface area (Å²) in [6.07, 6.45) is 1.12. The van der Waals surface area contributed by atoms with E-state index in [2.05, 4.69) is 19.2 Å². The third kappa shape index (κ3) is 3.27. The van der Waals surface area contributed by atoms with Crippen molar-refractivity contribution in [3.63, 3.8) is 0 Å². The lowest BCUT2D eigenvalue weighted by molar-refractivity contribution is 0.177. The number of halogens is 1. The molecular formula is C14H20FNO. The van der Waals surface area contributed by atoms with Gasteiger partial charge in [-0.25, -0.2) is 4.39 Å². The van der Waals surface area contributed by atoms with Gasteiger partial charge >= 0.3 is 0 Å². The fourth-order valence-corrected chi connectivity index (χ4v) is 2.35. The molecule has 17 heavy (non-hydrogen) atoms. The van der Waals surface area contributed by atoms with Crippen LogP contribution in [-0.4, -0.2) is 19.3 Å². The molecule has 0 bridgehead atoms. The first kappa shape index (κ1) is 12.5. The zero-order valence-corrected chi connectivity index (χ0v) is 10.4. The van der Waals surface area contributed by atoms with Gasteiger partial charge in [0.2, 0.25) is 0 Å². The molecule has 1 aliphatic rings. The number of hydrogen-bond donors (Lipinski definition) is 1. The predicted molar refractivity (Wildman–Crippen MR) is 66.3 cm³/mol. The quantitative estimate of drug-likeness (QED) is 0.869. The maximum absolute atomic E-state index is 13.1. The summed E-state index contributed by atoms with van der Waals surface area (Å²) in [6.45, 7) is 5.95. The molecule has 1 saturated heterocycles. The van der Waals surface area contributed by atoms with Gasteiger partial charge in [-0.2, -0.15) is 0 Å². The lowest BCUT2D eigenvalue weighted by Gasteiger charge is -2.24. The molecule has 1 heterocycles. The monoisotopic (exact) mass is 237 g/mol. The van der Waals surface area contributed by atoms with Crippen molar-refractivity contribution >= 4 is 0 Å². The van der Waals surface area contributed by atoms with Gasteiger partial charge in [-0.3, -0.25) is 0 Å². The Morgan fingerprint density at radius 2 is 2.24 bits per heavy atom. The Bertz CT molecular complexity index is 363. The highest BCUT2D eigenvalue weighted by Crippen LogP contribution is 2.20. The van der Waals surface area contributed by atoms with E-state index < -0.39 is 0 Å². The summed E-state index contributed by atoms with van der Waals surface area (Å²) in [6, 6.07) is 7.35. The van der Waals surface area contributed by atoms with E-state index >= 15 is 0 Å². The van der Waals surface area contributed by atoms with Crippen molar-refractivity contribution < 1.29 is 9.13 Å². The smallest absolute Gasteiger partial charge is 0.123 e. The lowest BCUT2D eigenvalue weighted by Crippen LogP contribution is -2.35. The van der Waals surface area contributed by atoms with Gasteiger partial charge in [-0.05, 0) is 43.9 Å². The van der Waals surface area contributed by atoms with Crippen LogP contribution in [0, 0.1) is 11.7 Å². The number of rotatable bonds is 4. The van der Waals surface area contributed by atoms with Crippen molar-refractivity contribution in [1.82, 2.24) is 5.32 Å². The summed E-state index contributed by atoms with van der Waals surface area (Å²) < 4.78 is 18.5. The van der Waals surface area contributed by atoms with E-state index in [1.807, 2.05) is 6.07 Å². The molecule has 0 spiro atoms. The van der Waals surface area contributed by atoms with E-state index in [1.54, 1.807) is 12.1 Å². The van der Waals surface area contributed by atoms with E-state index in [4.69, 9.17) is 4.74 Å². The first-order chi connectivity index (χ1) is 8.16. The molecule has 94 valence electrons. The van der Waals surface area contributed by atoms with Crippen molar-refractivity contribution in [2.45, 2.75) is 32.4 Å². The molecule has 3 atom stereocenters. The van der Waals surface area contributed by atoms with Crippen LogP contribution < -0.4 is 5.32 Å². The number of nitrogens with one attached hydrogen (secondary N) is 1. The van der Waals surface area contributed by atoms with Crippen LogP contribution in [-0.2, 0) is 4.74 Å². The zero-order valence-electron chi connectivity index (χ0n) is 10.4. The fraction of sp³-hybridized carbons (Fsp3) is 0.571. The van der Waals surface area contributed by atoms with Crippen LogP contribution in [0.5, 0.6) is 0 Å².